The second-order valence-corrected chi connectivity index (χ2v) is 4.06. The molecule has 2 heteroatoms. The first-order chi connectivity index (χ1) is 6.81. The Morgan fingerprint density at radius 3 is 2.29 bits per heavy atom. The molecule has 0 spiro atoms. The maximum absolute atomic E-state index is 3.49. The number of hydrogen-bond donors (Lipinski definition) is 1. The molecule has 86 valence electrons. The third-order valence-electron chi connectivity index (χ3n) is 2.67. The van der Waals surface area contributed by atoms with Crippen molar-refractivity contribution in [3.8, 4) is 0 Å². The average Bonchev–Trinajstić information content (AvgIpc) is 2.21. The van der Waals surface area contributed by atoms with Crippen LogP contribution < -0.4 is 5.32 Å². The molecule has 0 radical (unpaired) electrons. The van der Waals surface area contributed by atoms with Crippen LogP contribution in [0.25, 0.3) is 0 Å². The van der Waals surface area contributed by atoms with Crippen LogP contribution in [0.3, 0.4) is 0 Å². The number of nitrogens with one attached hydrogen (secondary N) is 1. The van der Waals surface area contributed by atoms with Gasteiger partial charge in [0, 0.05) is 13.1 Å². The monoisotopic (exact) mass is 200 g/mol. The van der Waals surface area contributed by atoms with Crippen LogP contribution in [0.4, 0.5) is 0 Å². The van der Waals surface area contributed by atoms with Crippen LogP contribution in [-0.2, 0) is 0 Å². The summed E-state index contributed by atoms with van der Waals surface area (Å²) in [4.78, 5) is 2.34. The molecule has 0 bridgehead atoms. The highest BCUT2D eigenvalue weighted by Gasteiger charge is 1.93. The molecule has 0 unspecified atom stereocenters. The van der Waals surface area contributed by atoms with E-state index in [0.717, 1.165) is 13.1 Å². The minimum Gasteiger partial charge on any atom is -0.315 e. The van der Waals surface area contributed by atoms with Crippen molar-refractivity contribution in [1.82, 2.24) is 10.2 Å². The number of likely N-dealkylation sites (N-methyl/N-ethyl adjacent to an activating group) is 1. The smallest absolute Gasteiger partial charge is 0.0104 e. The van der Waals surface area contributed by atoms with Gasteiger partial charge in [-0.1, -0.05) is 39.5 Å². The van der Waals surface area contributed by atoms with Crippen LogP contribution in [-0.4, -0.2) is 38.1 Å². The van der Waals surface area contributed by atoms with Crippen LogP contribution in [0.1, 0.15) is 46.0 Å². The van der Waals surface area contributed by atoms with Crippen molar-refractivity contribution in [3.05, 3.63) is 0 Å². The summed E-state index contributed by atoms with van der Waals surface area (Å²) in [5, 5.41) is 3.49. The molecule has 0 rings (SSSR count). The topological polar surface area (TPSA) is 15.3 Å². The zero-order valence-corrected chi connectivity index (χ0v) is 10.3. The van der Waals surface area contributed by atoms with Gasteiger partial charge in [0.15, 0.2) is 0 Å². The van der Waals surface area contributed by atoms with E-state index in [4.69, 9.17) is 0 Å². The van der Waals surface area contributed by atoms with Crippen molar-refractivity contribution in [3.63, 3.8) is 0 Å². The van der Waals surface area contributed by atoms with Crippen molar-refractivity contribution >= 4 is 0 Å². The first-order valence-electron chi connectivity index (χ1n) is 6.20. The maximum atomic E-state index is 3.49. The van der Waals surface area contributed by atoms with Gasteiger partial charge in [0.2, 0.25) is 0 Å². The van der Waals surface area contributed by atoms with Gasteiger partial charge in [0.05, 0.1) is 0 Å². The Balaban J connectivity index is 2.92. The molecule has 0 aliphatic rings. The highest BCUT2D eigenvalue weighted by Crippen LogP contribution is 2.00. The molecule has 0 atom stereocenters. The van der Waals surface area contributed by atoms with E-state index in [2.05, 4.69) is 31.1 Å². The van der Waals surface area contributed by atoms with Gasteiger partial charge in [-0.2, -0.15) is 0 Å². The molecule has 0 fully saturated rings. The summed E-state index contributed by atoms with van der Waals surface area (Å²) in [5.41, 5.74) is 0. The van der Waals surface area contributed by atoms with Crippen LogP contribution in [0.15, 0.2) is 0 Å². The number of unbranched alkanes of at least 4 members (excludes halogenated alkanes) is 4. The first-order valence-corrected chi connectivity index (χ1v) is 6.20. The Labute approximate surface area is 90.1 Å². The fraction of sp³-hybridized carbons (Fsp3) is 1.00. The second-order valence-electron chi connectivity index (χ2n) is 4.06. The SMILES string of the molecule is CCCCCCCNCCN(C)CC. The van der Waals surface area contributed by atoms with Crippen LogP contribution in [0.2, 0.25) is 0 Å². The van der Waals surface area contributed by atoms with E-state index in [1.165, 1.54) is 45.2 Å². The lowest BCUT2D eigenvalue weighted by Crippen LogP contribution is -2.29. The highest BCUT2D eigenvalue weighted by atomic mass is 15.1. The summed E-state index contributed by atoms with van der Waals surface area (Å²) in [6, 6.07) is 0. The summed E-state index contributed by atoms with van der Waals surface area (Å²) < 4.78 is 0. The zero-order valence-electron chi connectivity index (χ0n) is 10.3. The molecule has 0 aromatic carbocycles. The van der Waals surface area contributed by atoms with Crippen LogP contribution in [0.5, 0.6) is 0 Å². The molecule has 0 heterocycles. The van der Waals surface area contributed by atoms with Gasteiger partial charge in [-0.3, -0.25) is 0 Å². The molecule has 1 N–H and O–H groups in total. The quantitative estimate of drug-likeness (QED) is 0.545. The lowest BCUT2D eigenvalue weighted by atomic mass is 10.1. The Morgan fingerprint density at radius 1 is 0.929 bits per heavy atom. The normalized spacial score (nSPS) is 11.1. The van der Waals surface area contributed by atoms with Gasteiger partial charge in [0.25, 0.3) is 0 Å². The number of rotatable bonds is 10. The molecule has 2 nitrogen and oxygen atoms in total. The standard InChI is InChI=1S/C12H28N2/c1-4-6-7-8-9-10-13-11-12-14(3)5-2/h13H,4-12H2,1-3H3. The molecule has 0 aromatic heterocycles. The molecule has 0 amide bonds. The minimum atomic E-state index is 1.14. The van der Waals surface area contributed by atoms with Crippen molar-refractivity contribution < 1.29 is 0 Å². The minimum absolute atomic E-state index is 1.14. The van der Waals surface area contributed by atoms with E-state index < -0.39 is 0 Å². The Morgan fingerprint density at radius 2 is 1.64 bits per heavy atom. The fourth-order valence-corrected chi connectivity index (χ4v) is 1.41. The van der Waals surface area contributed by atoms with Crippen molar-refractivity contribution in [2.75, 3.05) is 33.2 Å². The van der Waals surface area contributed by atoms with Gasteiger partial charge < -0.3 is 10.2 Å². The van der Waals surface area contributed by atoms with Gasteiger partial charge in [-0.15, -0.1) is 0 Å². The average molecular weight is 200 g/mol. The summed E-state index contributed by atoms with van der Waals surface area (Å²) in [6.45, 7) is 9.12. The van der Waals surface area contributed by atoms with Gasteiger partial charge in [0.1, 0.15) is 0 Å². The van der Waals surface area contributed by atoms with E-state index in [1.807, 2.05) is 0 Å². The molecule has 0 aliphatic carbocycles. The van der Waals surface area contributed by atoms with Crippen LogP contribution >= 0.6 is 0 Å². The second kappa shape index (κ2) is 11.0. The summed E-state index contributed by atoms with van der Waals surface area (Å²) in [6.07, 6.45) is 6.89. The summed E-state index contributed by atoms with van der Waals surface area (Å²) in [7, 11) is 2.17. The Kier molecular flexibility index (Phi) is 10.9. The lowest BCUT2D eigenvalue weighted by Gasteiger charge is -2.13. The van der Waals surface area contributed by atoms with Crippen molar-refractivity contribution in [1.29, 1.82) is 0 Å². The van der Waals surface area contributed by atoms with E-state index in [9.17, 15) is 0 Å². The van der Waals surface area contributed by atoms with Crippen LogP contribution in [0, 0.1) is 0 Å². The molecule has 0 saturated carbocycles. The third kappa shape index (κ3) is 10.0. The highest BCUT2D eigenvalue weighted by molar-refractivity contribution is 4.53. The van der Waals surface area contributed by atoms with E-state index >= 15 is 0 Å². The third-order valence-corrected chi connectivity index (χ3v) is 2.67. The lowest BCUT2D eigenvalue weighted by molar-refractivity contribution is 0.348. The molecule has 14 heavy (non-hydrogen) atoms. The Bertz CT molecular complexity index is 104. The van der Waals surface area contributed by atoms with Gasteiger partial charge in [-0.25, -0.2) is 0 Å². The van der Waals surface area contributed by atoms with E-state index in [1.54, 1.807) is 0 Å². The Hall–Kier alpha value is -0.0800. The molecular formula is C12H28N2. The summed E-state index contributed by atoms with van der Waals surface area (Å²) in [5.74, 6) is 0. The largest absolute Gasteiger partial charge is 0.315 e. The fourth-order valence-electron chi connectivity index (χ4n) is 1.41. The maximum Gasteiger partial charge on any atom is 0.0104 e. The van der Waals surface area contributed by atoms with E-state index in [0.29, 0.717) is 0 Å². The number of nitrogens with zero attached hydrogens (tertiary/aromatic N) is 1. The molecule has 0 saturated heterocycles. The molecule has 0 aromatic rings. The predicted molar refractivity (Wildman–Crippen MR) is 64.8 cm³/mol. The molecular weight excluding hydrogens is 172 g/mol. The van der Waals surface area contributed by atoms with Crippen molar-refractivity contribution in [2.45, 2.75) is 46.0 Å². The predicted octanol–water partition coefficient (Wildman–Crippen LogP) is 2.50. The van der Waals surface area contributed by atoms with Crippen molar-refractivity contribution in [2.24, 2.45) is 0 Å². The zero-order chi connectivity index (χ0) is 10.6. The molecule has 0 aliphatic heterocycles. The number of hydrogen-bond acceptors (Lipinski definition) is 2. The van der Waals surface area contributed by atoms with Gasteiger partial charge >= 0.3 is 0 Å². The van der Waals surface area contributed by atoms with E-state index in [-0.39, 0.29) is 0 Å². The first kappa shape index (κ1) is 13.9. The summed E-state index contributed by atoms with van der Waals surface area (Å²) >= 11 is 0. The van der Waals surface area contributed by atoms with Gasteiger partial charge in [-0.05, 0) is 26.6 Å².